The quantitative estimate of drug-likeness (QED) is 0.625. The number of likely N-dealkylation sites (N-methyl/N-ethyl adjacent to an activating group) is 1. The van der Waals surface area contributed by atoms with E-state index in [4.69, 9.17) is 0 Å². The number of amides is 1. The molecule has 3 rings (SSSR count). The lowest BCUT2D eigenvalue weighted by Gasteiger charge is -2.15. The third kappa shape index (κ3) is 4.20. The predicted octanol–water partition coefficient (Wildman–Crippen LogP) is 3.98. The molecule has 0 saturated heterocycles. The molecule has 1 amide bonds. The molecule has 0 aliphatic rings. The van der Waals surface area contributed by atoms with Gasteiger partial charge >= 0.3 is 0 Å². The molecule has 2 heterocycles. The first-order valence-electron chi connectivity index (χ1n) is 8.50. The zero-order chi connectivity index (χ0) is 18.7. The summed E-state index contributed by atoms with van der Waals surface area (Å²) in [6, 6.07) is 11.4. The minimum Gasteiger partial charge on any atom is -0.354 e. The molecule has 0 fully saturated rings. The third-order valence-corrected chi connectivity index (χ3v) is 6.48. The van der Waals surface area contributed by atoms with Crippen molar-refractivity contribution in [2.24, 2.45) is 0 Å². The molecular formula is C20H22N2O2S2. The summed E-state index contributed by atoms with van der Waals surface area (Å²) in [5.41, 5.74) is 1.49. The van der Waals surface area contributed by atoms with Crippen LogP contribution in [0.15, 0.2) is 41.8 Å². The maximum atomic E-state index is 12.8. The van der Waals surface area contributed by atoms with Gasteiger partial charge in [0, 0.05) is 24.0 Å². The topological polar surface area (TPSA) is 49.4 Å². The van der Waals surface area contributed by atoms with Gasteiger partial charge in [0.25, 0.3) is 0 Å². The maximum Gasteiger partial charge on any atom is 0.227 e. The van der Waals surface area contributed by atoms with Crippen molar-refractivity contribution in [2.45, 2.75) is 12.8 Å². The SMILES string of the molecule is CC(C(=O)NCCN(C)C)c1cccc(C(=O)c2cc3ccsc3s2)c1. The monoisotopic (exact) mass is 386 g/mol. The molecule has 0 saturated carbocycles. The summed E-state index contributed by atoms with van der Waals surface area (Å²) in [6.07, 6.45) is 0. The van der Waals surface area contributed by atoms with Crippen LogP contribution < -0.4 is 5.32 Å². The van der Waals surface area contributed by atoms with Crippen molar-refractivity contribution in [3.8, 4) is 0 Å². The van der Waals surface area contributed by atoms with Crippen LogP contribution in [0.5, 0.6) is 0 Å². The number of benzene rings is 1. The first-order valence-corrected chi connectivity index (χ1v) is 10.2. The highest BCUT2D eigenvalue weighted by Gasteiger charge is 2.18. The van der Waals surface area contributed by atoms with Gasteiger partial charge in [-0.05, 0) is 50.2 Å². The highest BCUT2D eigenvalue weighted by atomic mass is 32.2. The lowest BCUT2D eigenvalue weighted by Crippen LogP contribution is -2.33. The molecule has 26 heavy (non-hydrogen) atoms. The van der Waals surface area contributed by atoms with Crippen molar-refractivity contribution >= 4 is 43.8 Å². The van der Waals surface area contributed by atoms with Crippen molar-refractivity contribution in [1.82, 2.24) is 10.2 Å². The molecule has 0 spiro atoms. The predicted molar refractivity (Wildman–Crippen MR) is 110 cm³/mol. The van der Waals surface area contributed by atoms with Crippen LogP contribution in [0.4, 0.5) is 0 Å². The summed E-state index contributed by atoms with van der Waals surface area (Å²) >= 11 is 3.18. The largest absolute Gasteiger partial charge is 0.354 e. The normalized spacial score (nSPS) is 12.5. The Morgan fingerprint density at radius 2 is 2.00 bits per heavy atom. The number of hydrogen-bond donors (Lipinski definition) is 1. The van der Waals surface area contributed by atoms with E-state index < -0.39 is 0 Å². The Morgan fingerprint density at radius 3 is 2.73 bits per heavy atom. The molecular weight excluding hydrogens is 364 g/mol. The van der Waals surface area contributed by atoms with Crippen LogP contribution in [-0.4, -0.2) is 43.8 Å². The van der Waals surface area contributed by atoms with E-state index >= 15 is 0 Å². The molecule has 6 heteroatoms. The zero-order valence-corrected chi connectivity index (χ0v) is 16.7. The van der Waals surface area contributed by atoms with Gasteiger partial charge in [0.1, 0.15) is 0 Å². The standard InChI is InChI=1S/C20H22N2O2S2/c1-13(19(24)21-8-9-22(2)3)14-5-4-6-15(11-14)18(23)17-12-16-7-10-25-20(16)26-17/h4-7,10-13H,8-9H2,1-3H3,(H,21,24). The fraction of sp³-hybridized carbons (Fsp3) is 0.300. The highest BCUT2D eigenvalue weighted by molar-refractivity contribution is 7.38. The van der Waals surface area contributed by atoms with E-state index in [2.05, 4.69) is 5.32 Å². The number of nitrogens with zero attached hydrogens (tertiary/aromatic N) is 1. The van der Waals surface area contributed by atoms with Gasteiger partial charge in [-0.2, -0.15) is 0 Å². The Labute approximate surface area is 161 Å². The van der Waals surface area contributed by atoms with Gasteiger partial charge in [-0.15, -0.1) is 22.7 Å². The molecule has 1 aromatic carbocycles. The minimum absolute atomic E-state index is 0.0143. The number of carbonyl (C=O) groups is 2. The Kier molecular flexibility index (Phi) is 5.86. The Morgan fingerprint density at radius 1 is 1.19 bits per heavy atom. The lowest BCUT2D eigenvalue weighted by molar-refractivity contribution is -0.122. The lowest BCUT2D eigenvalue weighted by atomic mass is 9.96. The zero-order valence-electron chi connectivity index (χ0n) is 15.1. The number of thiophene rings is 2. The van der Waals surface area contributed by atoms with Crippen LogP contribution in [0, 0.1) is 0 Å². The van der Waals surface area contributed by atoms with Gasteiger partial charge in [0.05, 0.1) is 14.8 Å². The first kappa shape index (κ1) is 18.8. The fourth-order valence-electron chi connectivity index (χ4n) is 2.68. The van der Waals surface area contributed by atoms with Crippen molar-refractivity contribution in [3.05, 3.63) is 57.8 Å². The minimum atomic E-state index is -0.295. The number of rotatable bonds is 7. The summed E-state index contributed by atoms with van der Waals surface area (Å²) in [5, 5.41) is 6.10. The van der Waals surface area contributed by atoms with E-state index in [0.29, 0.717) is 12.1 Å². The summed E-state index contributed by atoms with van der Waals surface area (Å²) in [7, 11) is 3.94. The molecule has 0 bridgehead atoms. The molecule has 0 aliphatic carbocycles. The number of nitrogens with one attached hydrogen (secondary N) is 1. The van der Waals surface area contributed by atoms with E-state index in [0.717, 1.165) is 26.4 Å². The van der Waals surface area contributed by atoms with Crippen LogP contribution in [0.3, 0.4) is 0 Å². The summed E-state index contributed by atoms with van der Waals surface area (Å²) in [6.45, 7) is 3.28. The highest BCUT2D eigenvalue weighted by Crippen LogP contribution is 2.32. The molecule has 3 aromatic rings. The molecule has 0 aliphatic heterocycles. The van der Waals surface area contributed by atoms with E-state index in [1.54, 1.807) is 11.3 Å². The second kappa shape index (κ2) is 8.12. The van der Waals surface area contributed by atoms with Crippen molar-refractivity contribution in [2.75, 3.05) is 27.2 Å². The van der Waals surface area contributed by atoms with Crippen LogP contribution in [0.25, 0.3) is 9.40 Å². The average molecular weight is 387 g/mol. The van der Waals surface area contributed by atoms with Crippen molar-refractivity contribution in [1.29, 1.82) is 0 Å². The second-order valence-electron chi connectivity index (χ2n) is 6.54. The van der Waals surface area contributed by atoms with Gasteiger partial charge in [-0.25, -0.2) is 0 Å². The Hall–Kier alpha value is -2.02. The van der Waals surface area contributed by atoms with Crippen LogP contribution in [0.1, 0.15) is 33.6 Å². The third-order valence-electron chi connectivity index (χ3n) is 4.27. The van der Waals surface area contributed by atoms with Gasteiger partial charge in [0.2, 0.25) is 11.7 Å². The average Bonchev–Trinajstić information content (AvgIpc) is 3.22. The van der Waals surface area contributed by atoms with Gasteiger partial charge in [-0.3, -0.25) is 9.59 Å². The van der Waals surface area contributed by atoms with Crippen molar-refractivity contribution < 1.29 is 9.59 Å². The fourth-order valence-corrected chi connectivity index (χ4v) is 4.75. The molecule has 1 N–H and O–H groups in total. The Bertz CT molecular complexity index is 898. The molecule has 136 valence electrons. The molecule has 2 aromatic heterocycles. The maximum absolute atomic E-state index is 12.8. The number of carbonyl (C=O) groups excluding carboxylic acids is 2. The van der Waals surface area contributed by atoms with E-state index in [1.807, 2.05) is 67.7 Å². The van der Waals surface area contributed by atoms with E-state index in [1.165, 1.54) is 11.3 Å². The van der Waals surface area contributed by atoms with Gasteiger partial charge in [0.15, 0.2) is 0 Å². The van der Waals surface area contributed by atoms with Crippen LogP contribution in [-0.2, 0) is 4.79 Å². The Balaban J connectivity index is 1.73. The van der Waals surface area contributed by atoms with Crippen molar-refractivity contribution in [3.63, 3.8) is 0 Å². The van der Waals surface area contributed by atoms with Crippen LogP contribution in [0.2, 0.25) is 0 Å². The molecule has 1 unspecified atom stereocenters. The number of fused-ring (bicyclic) bond motifs is 1. The molecule has 0 radical (unpaired) electrons. The summed E-state index contributed by atoms with van der Waals surface area (Å²) < 4.78 is 1.16. The second-order valence-corrected chi connectivity index (χ2v) is 8.77. The number of hydrogen-bond acceptors (Lipinski definition) is 5. The number of ketones is 1. The summed E-state index contributed by atoms with van der Waals surface area (Å²) in [4.78, 5) is 27.9. The smallest absolute Gasteiger partial charge is 0.227 e. The van der Waals surface area contributed by atoms with Gasteiger partial charge in [-0.1, -0.05) is 18.2 Å². The van der Waals surface area contributed by atoms with Gasteiger partial charge < -0.3 is 10.2 Å². The van der Waals surface area contributed by atoms with E-state index in [9.17, 15) is 9.59 Å². The molecule has 1 atom stereocenters. The first-order chi connectivity index (χ1) is 12.5. The van der Waals surface area contributed by atoms with Crippen LogP contribution >= 0.6 is 22.7 Å². The summed E-state index contributed by atoms with van der Waals surface area (Å²) in [5.74, 6) is -0.301. The van der Waals surface area contributed by atoms with E-state index in [-0.39, 0.29) is 17.6 Å². The molecule has 4 nitrogen and oxygen atoms in total.